The first kappa shape index (κ1) is 18.8. The molecular formula is C17H15Cl2N3O3. The molecule has 2 amide bonds. The van der Waals surface area contributed by atoms with E-state index >= 15 is 0 Å². The Hall–Kier alpha value is -2.57. The molecule has 0 fully saturated rings. The molecule has 6 nitrogen and oxygen atoms in total. The van der Waals surface area contributed by atoms with E-state index in [2.05, 4.69) is 15.8 Å². The zero-order chi connectivity index (χ0) is 18.2. The monoisotopic (exact) mass is 379 g/mol. The molecule has 0 spiro atoms. The van der Waals surface area contributed by atoms with Gasteiger partial charge in [0.2, 0.25) is 11.8 Å². The Morgan fingerprint density at radius 3 is 2.60 bits per heavy atom. The molecule has 2 rings (SSSR count). The smallest absolute Gasteiger partial charge is 0.249 e. The summed E-state index contributed by atoms with van der Waals surface area (Å²) in [5, 5.41) is 7.05. The molecule has 2 aromatic carbocycles. The molecule has 0 aromatic heterocycles. The highest BCUT2D eigenvalue weighted by molar-refractivity contribution is 6.42. The van der Waals surface area contributed by atoms with E-state index in [0.29, 0.717) is 27.0 Å². The van der Waals surface area contributed by atoms with Gasteiger partial charge in [0.25, 0.3) is 0 Å². The van der Waals surface area contributed by atoms with Gasteiger partial charge in [0.15, 0.2) is 0 Å². The number of nitrogens with zero attached hydrogens (tertiary/aromatic N) is 1. The largest absolute Gasteiger partial charge is 0.496 e. The molecule has 0 saturated carbocycles. The molecule has 130 valence electrons. The van der Waals surface area contributed by atoms with Crippen molar-refractivity contribution in [2.45, 2.75) is 6.42 Å². The van der Waals surface area contributed by atoms with Gasteiger partial charge in [0.05, 0.1) is 23.4 Å². The molecule has 0 radical (unpaired) electrons. The number of para-hydroxylation sites is 1. The van der Waals surface area contributed by atoms with E-state index in [0.717, 1.165) is 0 Å². The Morgan fingerprint density at radius 1 is 1.12 bits per heavy atom. The Bertz CT molecular complexity index is 809. The molecular weight excluding hydrogens is 365 g/mol. The van der Waals surface area contributed by atoms with Crippen LogP contribution < -0.4 is 15.5 Å². The van der Waals surface area contributed by atoms with Crippen LogP contribution in [-0.4, -0.2) is 25.1 Å². The normalized spacial score (nSPS) is 10.5. The standard InChI is InChI=1S/C17H15Cl2N3O3/c1-25-15-5-3-2-4-11(15)10-20-22-17(24)9-16(23)21-12-6-7-13(18)14(19)8-12/h2-8,10H,9H2,1H3,(H,21,23)(H,22,24)/b20-10-. The van der Waals surface area contributed by atoms with Crippen molar-refractivity contribution in [3.63, 3.8) is 0 Å². The Labute approximate surface area is 154 Å². The van der Waals surface area contributed by atoms with Crippen molar-refractivity contribution in [2.24, 2.45) is 5.10 Å². The Morgan fingerprint density at radius 2 is 1.88 bits per heavy atom. The summed E-state index contributed by atoms with van der Waals surface area (Å²) in [7, 11) is 1.54. The third-order valence-electron chi connectivity index (χ3n) is 3.06. The van der Waals surface area contributed by atoms with E-state index in [1.807, 2.05) is 12.1 Å². The highest BCUT2D eigenvalue weighted by atomic mass is 35.5. The van der Waals surface area contributed by atoms with Crippen molar-refractivity contribution in [3.05, 3.63) is 58.1 Å². The summed E-state index contributed by atoms with van der Waals surface area (Å²) < 4.78 is 5.16. The summed E-state index contributed by atoms with van der Waals surface area (Å²) in [5.41, 5.74) is 3.43. The van der Waals surface area contributed by atoms with E-state index in [1.165, 1.54) is 12.3 Å². The lowest BCUT2D eigenvalue weighted by molar-refractivity contribution is -0.126. The molecule has 0 unspecified atom stereocenters. The minimum atomic E-state index is -0.552. The van der Waals surface area contributed by atoms with Crippen LogP contribution in [0.2, 0.25) is 10.0 Å². The Balaban J connectivity index is 1.86. The number of amides is 2. The van der Waals surface area contributed by atoms with Crippen LogP contribution in [-0.2, 0) is 9.59 Å². The number of nitrogens with one attached hydrogen (secondary N) is 2. The number of carbonyl (C=O) groups is 2. The number of halogens is 2. The maximum absolute atomic E-state index is 11.8. The van der Waals surface area contributed by atoms with E-state index in [1.54, 1.807) is 31.4 Å². The lowest BCUT2D eigenvalue weighted by atomic mass is 10.2. The first-order valence-corrected chi connectivity index (χ1v) is 7.95. The number of hydrazone groups is 1. The summed E-state index contributed by atoms with van der Waals surface area (Å²) in [6.07, 6.45) is 1.05. The third kappa shape index (κ3) is 5.77. The second-order valence-corrected chi connectivity index (χ2v) is 5.70. The number of hydrogen-bond acceptors (Lipinski definition) is 4. The molecule has 0 saturated heterocycles. The third-order valence-corrected chi connectivity index (χ3v) is 3.80. The number of carbonyl (C=O) groups excluding carboxylic acids is 2. The fraction of sp³-hybridized carbons (Fsp3) is 0.118. The molecule has 0 aliphatic heterocycles. The first-order chi connectivity index (χ1) is 12.0. The summed E-state index contributed by atoms with van der Waals surface area (Å²) in [5.74, 6) is -0.426. The molecule has 2 aromatic rings. The number of hydrogen-bond donors (Lipinski definition) is 2. The van der Waals surface area contributed by atoms with Gasteiger partial charge in [-0.05, 0) is 30.3 Å². The number of benzene rings is 2. The molecule has 8 heteroatoms. The highest BCUT2D eigenvalue weighted by Crippen LogP contribution is 2.25. The van der Waals surface area contributed by atoms with E-state index < -0.39 is 11.8 Å². The molecule has 2 N–H and O–H groups in total. The summed E-state index contributed by atoms with van der Waals surface area (Å²) in [6.45, 7) is 0. The van der Waals surface area contributed by atoms with Crippen LogP contribution in [0.1, 0.15) is 12.0 Å². The molecule has 0 aliphatic carbocycles. The van der Waals surface area contributed by atoms with Crippen molar-refractivity contribution < 1.29 is 14.3 Å². The van der Waals surface area contributed by atoms with Crippen LogP contribution in [0.15, 0.2) is 47.6 Å². The zero-order valence-corrected chi connectivity index (χ0v) is 14.8. The number of rotatable bonds is 6. The average Bonchev–Trinajstić information content (AvgIpc) is 2.58. The van der Waals surface area contributed by atoms with Gasteiger partial charge in [-0.1, -0.05) is 35.3 Å². The van der Waals surface area contributed by atoms with Gasteiger partial charge in [-0.3, -0.25) is 9.59 Å². The number of ether oxygens (including phenoxy) is 1. The maximum Gasteiger partial charge on any atom is 0.249 e. The van der Waals surface area contributed by atoms with Crippen molar-refractivity contribution in [1.29, 1.82) is 0 Å². The van der Waals surface area contributed by atoms with Gasteiger partial charge in [-0.25, -0.2) is 5.43 Å². The van der Waals surface area contributed by atoms with Crippen LogP contribution in [0.4, 0.5) is 5.69 Å². The van der Waals surface area contributed by atoms with E-state index in [4.69, 9.17) is 27.9 Å². The SMILES string of the molecule is COc1ccccc1/C=N\NC(=O)CC(=O)Nc1ccc(Cl)c(Cl)c1. The lowest BCUT2D eigenvalue weighted by Gasteiger charge is -2.06. The van der Waals surface area contributed by atoms with Crippen molar-refractivity contribution in [1.82, 2.24) is 5.43 Å². The average molecular weight is 380 g/mol. The van der Waals surface area contributed by atoms with Crippen LogP contribution in [0, 0.1) is 0 Å². The molecule has 0 aliphatic rings. The fourth-order valence-electron chi connectivity index (χ4n) is 1.91. The second-order valence-electron chi connectivity index (χ2n) is 4.89. The highest BCUT2D eigenvalue weighted by Gasteiger charge is 2.10. The molecule has 0 atom stereocenters. The van der Waals surface area contributed by atoms with Crippen molar-refractivity contribution in [2.75, 3.05) is 12.4 Å². The minimum Gasteiger partial charge on any atom is -0.496 e. The van der Waals surface area contributed by atoms with Gasteiger partial charge in [0.1, 0.15) is 12.2 Å². The second kappa shape index (κ2) is 9.05. The quantitative estimate of drug-likeness (QED) is 0.458. The lowest BCUT2D eigenvalue weighted by Crippen LogP contribution is -2.24. The van der Waals surface area contributed by atoms with Gasteiger partial charge < -0.3 is 10.1 Å². The van der Waals surface area contributed by atoms with Crippen molar-refractivity contribution >= 4 is 46.9 Å². The maximum atomic E-state index is 11.8. The van der Waals surface area contributed by atoms with Crippen LogP contribution >= 0.6 is 23.2 Å². The first-order valence-electron chi connectivity index (χ1n) is 7.19. The predicted octanol–water partition coefficient (Wildman–Crippen LogP) is 3.48. The summed E-state index contributed by atoms with van der Waals surface area (Å²) in [4.78, 5) is 23.6. The Kier molecular flexibility index (Phi) is 6.80. The number of methoxy groups -OCH3 is 1. The van der Waals surface area contributed by atoms with Gasteiger partial charge >= 0.3 is 0 Å². The van der Waals surface area contributed by atoms with E-state index in [-0.39, 0.29) is 6.42 Å². The molecule has 25 heavy (non-hydrogen) atoms. The zero-order valence-electron chi connectivity index (χ0n) is 13.3. The van der Waals surface area contributed by atoms with Gasteiger partial charge in [-0.2, -0.15) is 5.10 Å². The van der Waals surface area contributed by atoms with Gasteiger partial charge in [-0.15, -0.1) is 0 Å². The minimum absolute atomic E-state index is 0.310. The predicted molar refractivity (Wildman–Crippen MR) is 98.4 cm³/mol. The van der Waals surface area contributed by atoms with Crippen LogP contribution in [0.5, 0.6) is 5.75 Å². The topological polar surface area (TPSA) is 79.8 Å². The number of anilines is 1. The van der Waals surface area contributed by atoms with Crippen LogP contribution in [0.25, 0.3) is 0 Å². The fourth-order valence-corrected chi connectivity index (χ4v) is 2.21. The molecule has 0 bridgehead atoms. The summed E-state index contributed by atoms with van der Waals surface area (Å²) >= 11 is 11.7. The molecule has 0 heterocycles. The van der Waals surface area contributed by atoms with E-state index in [9.17, 15) is 9.59 Å². The summed E-state index contributed by atoms with van der Waals surface area (Å²) in [6, 6.07) is 11.8. The van der Waals surface area contributed by atoms with Gasteiger partial charge in [0, 0.05) is 11.3 Å². The van der Waals surface area contributed by atoms with Crippen molar-refractivity contribution in [3.8, 4) is 5.75 Å². The van der Waals surface area contributed by atoms with Crippen LogP contribution in [0.3, 0.4) is 0 Å².